The molecule has 0 bridgehead atoms. The third kappa shape index (κ3) is 8.71. The number of nitrogens with zero attached hydrogens (tertiary/aromatic N) is 3. The highest BCUT2D eigenvalue weighted by atomic mass is 16.5. The van der Waals surface area contributed by atoms with Gasteiger partial charge in [-0.1, -0.05) is 77.1 Å². The summed E-state index contributed by atoms with van der Waals surface area (Å²) in [4.78, 5) is 69.1. The number of rotatable bonds is 14. The molecule has 3 aliphatic rings. The third-order valence-corrected chi connectivity index (χ3v) is 12.9. The molecule has 5 aromatic rings. The number of aromatic nitrogens is 4. The summed E-state index contributed by atoms with van der Waals surface area (Å²) >= 11 is 0. The Morgan fingerprint density at radius 1 is 0.770 bits per heavy atom. The van der Waals surface area contributed by atoms with Gasteiger partial charge in [-0.3, -0.25) is 9.59 Å². The van der Waals surface area contributed by atoms with Crippen molar-refractivity contribution in [2.75, 3.05) is 14.2 Å². The van der Waals surface area contributed by atoms with Crippen molar-refractivity contribution in [3.63, 3.8) is 0 Å². The van der Waals surface area contributed by atoms with E-state index in [2.05, 4.69) is 93.5 Å². The molecule has 2 aliphatic carbocycles. The number of hydrogen-bond acceptors (Lipinski definition) is 8. The van der Waals surface area contributed by atoms with Crippen LogP contribution in [0.25, 0.3) is 44.4 Å². The minimum atomic E-state index is -0.677. The zero-order chi connectivity index (χ0) is 43.1. The van der Waals surface area contributed by atoms with E-state index in [1.54, 1.807) is 0 Å². The Labute approximate surface area is 356 Å². The van der Waals surface area contributed by atoms with Crippen LogP contribution in [0.4, 0.5) is 9.59 Å². The number of aryl methyl sites for hydroxylation is 1. The number of amides is 4. The van der Waals surface area contributed by atoms with Gasteiger partial charge in [0.05, 0.1) is 44.0 Å². The molecule has 3 heterocycles. The van der Waals surface area contributed by atoms with Gasteiger partial charge in [-0.15, -0.1) is 0 Å². The highest BCUT2D eigenvalue weighted by molar-refractivity contribution is 5.91. The number of fused-ring (bicyclic) bond motifs is 2. The molecule has 3 fully saturated rings. The number of imidazole rings is 2. The van der Waals surface area contributed by atoms with Gasteiger partial charge >= 0.3 is 12.2 Å². The Kier molecular flexibility index (Phi) is 11.6. The molecular formula is C47H56N8O6. The smallest absolute Gasteiger partial charge is 0.407 e. The summed E-state index contributed by atoms with van der Waals surface area (Å²) < 4.78 is 9.51. The number of nitrogens with one attached hydrogen (secondary N) is 5. The second-order valence-corrected chi connectivity index (χ2v) is 17.7. The van der Waals surface area contributed by atoms with Crippen molar-refractivity contribution in [2.45, 2.75) is 90.5 Å². The lowest BCUT2D eigenvalue weighted by atomic mass is 9.98. The summed E-state index contributed by atoms with van der Waals surface area (Å²) in [5.41, 5.74) is 6.09. The molecule has 3 aromatic carbocycles. The summed E-state index contributed by atoms with van der Waals surface area (Å²) in [6, 6.07) is 20.0. The summed E-state index contributed by atoms with van der Waals surface area (Å²) in [6.45, 7) is 9.78. The third-order valence-electron chi connectivity index (χ3n) is 12.9. The largest absolute Gasteiger partial charge is 0.453 e. The molecule has 320 valence electrons. The van der Waals surface area contributed by atoms with Gasteiger partial charge < -0.3 is 40.3 Å². The minimum absolute atomic E-state index is 0.0612. The molecule has 61 heavy (non-hydrogen) atoms. The van der Waals surface area contributed by atoms with E-state index >= 15 is 0 Å². The van der Waals surface area contributed by atoms with Gasteiger partial charge in [0.1, 0.15) is 23.7 Å². The van der Waals surface area contributed by atoms with Crippen LogP contribution in [0.5, 0.6) is 0 Å². The van der Waals surface area contributed by atoms with Crippen molar-refractivity contribution >= 4 is 34.8 Å². The van der Waals surface area contributed by atoms with Crippen LogP contribution in [-0.4, -0.2) is 87.2 Å². The molecule has 8 atom stereocenters. The molecule has 0 radical (unpaired) electrons. The maximum absolute atomic E-state index is 13.8. The molecule has 0 spiro atoms. The molecule has 8 unspecified atom stereocenters. The van der Waals surface area contributed by atoms with E-state index in [0.717, 1.165) is 81.7 Å². The number of likely N-dealkylation sites (tertiary alicyclic amines) is 1. The van der Waals surface area contributed by atoms with Crippen molar-refractivity contribution in [1.29, 1.82) is 0 Å². The van der Waals surface area contributed by atoms with Crippen LogP contribution in [0, 0.1) is 29.6 Å². The molecule has 8 rings (SSSR count). The molecule has 14 heteroatoms. The summed E-state index contributed by atoms with van der Waals surface area (Å²) in [7, 11) is 2.60. The van der Waals surface area contributed by atoms with Crippen LogP contribution < -0.4 is 16.0 Å². The van der Waals surface area contributed by atoms with Gasteiger partial charge in [-0.2, -0.15) is 0 Å². The Hall–Kier alpha value is -6.18. The van der Waals surface area contributed by atoms with Crippen LogP contribution in [0.3, 0.4) is 0 Å². The predicted octanol–water partition coefficient (Wildman–Crippen LogP) is 7.39. The van der Waals surface area contributed by atoms with Gasteiger partial charge in [-0.05, 0) is 89.0 Å². The number of benzene rings is 3. The average Bonchev–Trinajstić information content (AvgIpc) is 3.81. The monoisotopic (exact) mass is 828 g/mol. The first-order valence-electron chi connectivity index (χ1n) is 21.4. The van der Waals surface area contributed by atoms with Crippen LogP contribution in [0.15, 0.2) is 73.1 Å². The van der Waals surface area contributed by atoms with E-state index in [9.17, 15) is 19.2 Å². The SMILES string of the molecule is COC(=O)NC(C(=O)NC1C(C)C1CCc1ncc(-c2cccc(-c3ccc4cc(-c5cnc(C6CC7CC7N6C(=O)C(NC(=O)OC)C(C)C)[nH]5)ccc4c3)c2)[nH]1)C(C)C. The Morgan fingerprint density at radius 3 is 2.08 bits per heavy atom. The molecule has 2 saturated carbocycles. The zero-order valence-electron chi connectivity index (χ0n) is 35.8. The van der Waals surface area contributed by atoms with Crippen LogP contribution in [0.2, 0.25) is 0 Å². The number of aromatic amines is 2. The van der Waals surface area contributed by atoms with Crippen LogP contribution >= 0.6 is 0 Å². The maximum Gasteiger partial charge on any atom is 0.407 e. The molecule has 2 aromatic heterocycles. The standard InChI is InChI=1S/C47H56N8O6/c1-24(2)40(53-46(58)60-6)44(56)52-42-26(5)34(42)15-16-39-48-22-35(50-39)31-10-8-9-27(18-31)28-11-12-30-19-32(14-13-29(30)17-28)36-23-49-43(51-36)38-21-33-20-37(33)55(38)45(57)41(25(3)4)54-47(59)61-7/h8-14,17-19,22-26,33-34,37-38,40-42H,15-16,20-21H2,1-7H3,(H,48,50)(H,49,51)(H,52,56)(H,53,58)(H,54,59). The fourth-order valence-electron chi connectivity index (χ4n) is 9.13. The fraction of sp³-hybridized carbons (Fsp3) is 0.447. The summed E-state index contributed by atoms with van der Waals surface area (Å²) in [5, 5.41) is 10.7. The van der Waals surface area contributed by atoms with Gasteiger partial charge in [0.2, 0.25) is 11.8 Å². The van der Waals surface area contributed by atoms with E-state index in [1.165, 1.54) is 14.2 Å². The maximum atomic E-state index is 13.8. The fourth-order valence-corrected chi connectivity index (χ4v) is 9.13. The first kappa shape index (κ1) is 41.5. The van der Waals surface area contributed by atoms with E-state index in [4.69, 9.17) is 19.4 Å². The van der Waals surface area contributed by atoms with Crippen molar-refractivity contribution in [3.8, 4) is 33.6 Å². The van der Waals surface area contributed by atoms with Crippen LogP contribution in [0.1, 0.15) is 71.6 Å². The number of ether oxygens (including phenoxy) is 2. The molecular weight excluding hydrogens is 773 g/mol. The van der Waals surface area contributed by atoms with Crippen molar-refractivity contribution in [2.24, 2.45) is 29.6 Å². The lowest BCUT2D eigenvalue weighted by molar-refractivity contribution is -0.136. The van der Waals surface area contributed by atoms with Crippen LogP contribution in [-0.2, 0) is 25.5 Å². The first-order chi connectivity index (χ1) is 29.3. The van der Waals surface area contributed by atoms with Gasteiger partial charge in [-0.25, -0.2) is 19.6 Å². The minimum Gasteiger partial charge on any atom is -0.453 e. The van der Waals surface area contributed by atoms with Crippen molar-refractivity contribution in [1.82, 2.24) is 40.8 Å². The lowest BCUT2D eigenvalue weighted by Crippen LogP contribution is -2.52. The molecule has 5 N–H and O–H groups in total. The van der Waals surface area contributed by atoms with E-state index in [-0.39, 0.29) is 41.8 Å². The van der Waals surface area contributed by atoms with E-state index < -0.39 is 24.3 Å². The summed E-state index contributed by atoms with van der Waals surface area (Å²) in [5.74, 6) is 2.33. The van der Waals surface area contributed by atoms with Gasteiger partial charge in [0, 0.05) is 29.6 Å². The predicted molar refractivity (Wildman–Crippen MR) is 232 cm³/mol. The normalized spacial score (nSPS) is 22.4. The molecule has 14 nitrogen and oxygen atoms in total. The van der Waals surface area contributed by atoms with E-state index in [0.29, 0.717) is 17.8 Å². The highest BCUT2D eigenvalue weighted by Gasteiger charge is 2.56. The second kappa shape index (κ2) is 17.1. The molecule has 1 aliphatic heterocycles. The van der Waals surface area contributed by atoms with E-state index in [1.807, 2.05) is 45.0 Å². The first-order valence-corrected chi connectivity index (χ1v) is 21.4. The molecule has 4 amide bonds. The van der Waals surface area contributed by atoms with Crippen molar-refractivity contribution in [3.05, 3.63) is 84.7 Å². The zero-order valence-corrected chi connectivity index (χ0v) is 35.8. The highest BCUT2D eigenvalue weighted by Crippen LogP contribution is 2.53. The topological polar surface area (TPSA) is 183 Å². The average molecular weight is 829 g/mol. The number of methoxy groups -OCH3 is 2. The number of carbonyl (C=O) groups excluding carboxylic acids is 4. The number of alkyl carbamates (subject to hydrolysis) is 2. The molecule has 1 saturated heterocycles. The lowest BCUT2D eigenvalue weighted by Gasteiger charge is -2.31. The van der Waals surface area contributed by atoms with Crippen molar-refractivity contribution < 1.29 is 28.7 Å². The Balaban J connectivity index is 0.902. The van der Waals surface area contributed by atoms with Gasteiger partial charge in [0.25, 0.3) is 0 Å². The second-order valence-electron chi connectivity index (χ2n) is 17.7. The van der Waals surface area contributed by atoms with Gasteiger partial charge in [0.15, 0.2) is 0 Å². The number of hydrogen-bond donors (Lipinski definition) is 5. The quantitative estimate of drug-likeness (QED) is 0.0768. The number of piperidine rings is 1. The Bertz CT molecular complexity index is 2440. The summed E-state index contributed by atoms with van der Waals surface area (Å²) in [6.07, 6.45) is 5.97. The number of carbonyl (C=O) groups is 4. The Morgan fingerprint density at radius 2 is 1.38 bits per heavy atom. The number of H-pyrrole nitrogens is 2.